The van der Waals surface area contributed by atoms with Crippen LogP contribution in [0.5, 0.6) is 5.75 Å². The van der Waals surface area contributed by atoms with Crippen molar-refractivity contribution in [3.8, 4) is 5.75 Å². The van der Waals surface area contributed by atoms with Crippen molar-refractivity contribution in [1.29, 1.82) is 0 Å². The zero-order valence-corrected chi connectivity index (χ0v) is 21.5. The highest BCUT2D eigenvalue weighted by atomic mass is 32.2. The van der Waals surface area contributed by atoms with Crippen molar-refractivity contribution >= 4 is 23.6 Å². The van der Waals surface area contributed by atoms with Gasteiger partial charge in [-0.1, -0.05) is 71.9 Å². The van der Waals surface area contributed by atoms with Gasteiger partial charge >= 0.3 is 5.97 Å². The van der Waals surface area contributed by atoms with Crippen molar-refractivity contribution < 1.29 is 19.4 Å². The number of hydrogen-bond donors (Lipinski definition) is 1. The number of benzene rings is 2. The lowest BCUT2D eigenvalue weighted by atomic mass is 9.78. The molecule has 0 aliphatic carbocycles. The van der Waals surface area contributed by atoms with Gasteiger partial charge in [0.2, 0.25) is 5.91 Å². The van der Waals surface area contributed by atoms with Crippen LogP contribution in [-0.2, 0) is 33.3 Å². The van der Waals surface area contributed by atoms with Gasteiger partial charge in [-0.15, -0.1) is 11.8 Å². The normalized spacial score (nSPS) is 16.9. The third kappa shape index (κ3) is 5.55. The SMILES string of the molecule is COC(=O)c1ccccc1CN1CSC(Cc2cc(C(C)(C)C)c(O)c(C(C)(C)C)c2)C1=O. The lowest BCUT2D eigenvalue weighted by Gasteiger charge is -2.28. The van der Waals surface area contributed by atoms with E-state index in [1.807, 2.05) is 24.3 Å². The standard InChI is InChI=1S/C27H35NO4S/c1-26(2,3)20-12-17(13-21(23(20)29)27(4,5)6)14-22-24(30)28(16-33-22)15-18-10-8-9-11-19(18)25(31)32-7/h8-13,22,29H,14-16H2,1-7H3. The van der Waals surface area contributed by atoms with Crippen molar-refractivity contribution in [1.82, 2.24) is 4.90 Å². The van der Waals surface area contributed by atoms with E-state index < -0.39 is 5.97 Å². The highest BCUT2D eigenvalue weighted by Gasteiger charge is 2.34. The fourth-order valence-electron chi connectivity index (χ4n) is 4.13. The summed E-state index contributed by atoms with van der Waals surface area (Å²) in [5.74, 6) is 0.609. The van der Waals surface area contributed by atoms with E-state index in [4.69, 9.17) is 4.74 Å². The van der Waals surface area contributed by atoms with Crippen molar-refractivity contribution in [2.24, 2.45) is 0 Å². The van der Waals surface area contributed by atoms with Gasteiger partial charge in [0.15, 0.2) is 0 Å². The molecule has 0 saturated carbocycles. The molecule has 0 radical (unpaired) electrons. The average Bonchev–Trinajstić information content (AvgIpc) is 3.06. The Hall–Kier alpha value is -2.47. The number of carbonyl (C=O) groups is 2. The summed E-state index contributed by atoms with van der Waals surface area (Å²) in [5.41, 5.74) is 3.73. The number of thioether (sulfide) groups is 1. The van der Waals surface area contributed by atoms with E-state index in [0.717, 1.165) is 22.3 Å². The summed E-state index contributed by atoms with van der Waals surface area (Å²) in [5, 5.41) is 10.8. The number of rotatable bonds is 5. The number of amides is 1. The molecule has 178 valence electrons. The Bertz CT molecular complexity index is 1010. The molecule has 1 aliphatic rings. The lowest BCUT2D eigenvalue weighted by molar-refractivity contribution is -0.129. The summed E-state index contributed by atoms with van der Waals surface area (Å²) >= 11 is 1.62. The van der Waals surface area contributed by atoms with E-state index in [1.165, 1.54) is 7.11 Å². The first-order valence-electron chi connectivity index (χ1n) is 11.3. The van der Waals surface area contributed by atoms with E-state index >= 15 is 0 Å². The molecule has 3 rings (SSSR count). The van der Waals surface area contributed by atoms with Crippen LogP contribution in [-0.4, -0.2) is 40.1 Å². The van der Waals surface area contributed by atoms with Gasteiger partial charge in [-0.25, -0.2) is 4.79 Å². The number of hydrogen-bond acceptors (Lipinski definition) is 5. The van der Waals surface area contributed by atoms with E-state index in [-0.39, 0.29) is 22.0 Å². The molecule has 0 bridgehead atoms. The van der Waals surface area contributed by atoms with E-state index in [0.29, 0.717) is 30.2 Å². The number of methoxy groups -OCH3 is 1. The third-order valence-electron chi connectivity index (χ3n) is 6.01. The number of ether oxygens (including phenoxy) is 1. The molecule has 5 nitrogen and oxygen atoms in total. The monoisotopic (exact) mass is 469 g/mol. The smallest absolute Gasteiger partial charge is 0.338 e. The Balaban J connectivity index is 1.84. The molecule has 1 N–H and O–H groups in total. The number of phenolic OH excluding ortho intramolecular Hbond substituents is 1. The van der Waals surface area contributed by atoms with Crippen molar-refractivity contribution in [2.45, 2.75) is 70.6 Å². The zero-order chi connectivity index (χ0) is 24.6. The van der Waals surface area contributed by atoms with Crippen LogP contribution in [0.2, 0.25) is 0 Å². The van der Waals surface area contributed by atoms with Crippen LogP contribution in [0.25, 0.3) is 0 Å². The topological polar surface area (TPSA) is 66.8 Å². The molecule has 0 spiro atoms. The first-order valence-corrected chi connectivity index (χ1v) is 12.3. The first kappa shape index (κ1) is 25.2. The summed E-state index contributed by atoms with van der Waals surface area (Å²) in [6, 6.07) is 11.4. The molecule has 1 saturated heterocycles. The minimum Gasteiger partial charge on any atom is -0.507 e. The zero-order valence-electron chi connectivity index (χ0n) is 20.7. The summed E-state index contributed by atoms with van der Waals surface area (Å²) in [7, 11) is 1.36. The van der Waals surface area contributed by atoms with E-state index in [1.54, 1.807) is 28.8 Å². The van der Waals surface area contributed by atoms with Crippen molar-refractivity contribution in [3.05, 3.63) is 64.2 Å². The van der Waals surface area contributed by atoms with Crippen LogP contribution in [0.3, 0.4) is 0 Å². The Kier molecular flexibility index (Phi) is 7.18. The van der Waals surface area contributed by atoms with Crippen molar-refractivity contribution in [2.75, 3.05) is 13.0 Å². The summed E-state index contributed by atoms with van der Waals surface area (Å²) in [6.45, 7) is 12.9. The van der Waals surface area contributed by atoms with Gasteiger partial charge in [0.25, 0.3) is 0 Å². The maximum absolute atomic E-state index is 13.2. The van der Waals surface area contributed by atoms with Crippen LogP contribution in [0.1, 0.15) is 74.2 Å². The van der Waals surface area contributed by atoms with Crippen molar-refractivity contribution in [3.63, 3.8) is 0 Å². The molecule has 2 aromatic rings. The average molecular weight is 470 g/mol. The molecule has 33 heavy (non-hydrogen) atoms. The molecule has 0 aromatic heterocycles. The maximum Gasteiger partial charge on any atom is 0.338 e. The minimum absolute atomic E-state index is 0.0716. The quantitative estimate of drug-likeness (QED) is 0.593. The highest BCUT2D eigenvalue weighted by Crippen LogP contribution is 2.41. The van der Waals surface area contributed by atoms with E-state index in [2.05, 4.69) is 41.5 Å². The molecule has 1 fully saturated rings. The predicted molar refractivity (Wildman–Crippen MR) is 134 cm³/mol. The second-order valence-electron chi connectivity index (χ2n) is 10.7. The fraction of sp³-hybridized carbons (Fsp3) is 0.481. The van der Waals surface area contributed by atoms with Gasteiger partial charge in [-0.3, -0.25) is 4.79 Å². The number of aromatic hydroxyl groups is 1. The molecule has 1 unspecified atom stereocenters. The minimum atomic E-state index is -0.394. The van der Waals surface area contributed by atoms with E-state index in [9.17, 15) is 14.7 Å². The summed E-state index contributed by atoms with van der Waals surface area (Å²) in [4.78, 5) is 27.1. The second kappa shape index (κ2) is 9.41. The van der Waals surface area contributed by atoms with Gasteiger partial charge < -0.3 is 14.7 Å². The molecular weight excluding hydrogens is 434 g/mol. The van der Waals surface area contributed by atoms with Gasteiger partial charge in [0.05, 0.1) is 23.8 Å². The van der Waals surface area contributed by atoms with Gasteiger partial charge in [-0.05, 0) is 45.6 Å². The van der Waals surface area contributed by atoms with Crippen LogP contribution in [0.4, 0.5) is 0 Å². The first-order chi connectivity index (χ1) is 15.3. The molecule has 1 atom stereocenters. The maximum atomic E-state index is 13.2. The molecule has 2 aromatic carbocycles. The Morgan fingerprint density at radius 1 is 1.09 bits per heavy atom. The van der Waals surface area contributed by atoms with Gasteiger partial charge in [0, 0.05) is 6.54 Å². The number of phenols is 1. The number of carbonyl (C=O) groups excluding carboxylic acids is 2. The number of esters is 1. The second-order valence-corrected chi connectivity index (χ2v) is 11.9. The van der Waals surface area contributed by atoms with Crippen LogP contribution in [0.15, 0.2) is 36.4 Å². The summed E-state index contributed by atoms with van der Waals surface area (Å²) < 4.78 is 4.89. The van der Waals surface area contributed by atoms with Crippen LogP contribution in [0, 0.1) is 0 Å². The Labute approximate surface area is 201 Å². The van der Waals surface area contributed by atoms with Gasteiger partial charge in [0.1, 0.15) is 5.75 Å². The Morgan fingerprint density at radius 2 is 1.67 bits per heavy atom. The Morgan fingerprint density at radius 3 is 2.21 bits per heavy atom. The predicted octanol–water partition coefficient (Wildman–Crippen LogP) is 5.42. The lowest BCUT2D eigenvalue weighted by Crippen LogP contribution is -2.30. The molecule has 1 aliphatic heterocycles. The third-order valence-corrected chi connectivity index (χ3v) is 7.24. The molecule has 1 heterocycles. The molecular formula is C27H35NO4S. The largest absolute Gasteiger partial charge is 0.507 e. The number of nitrogens with zero attached hydrogens (tertiary/aromatic N) is 1. The van der Waals surface area contributed by atoms with Gasteiger partial charge in [-0.2, -0.15) is 0 Å². The van der Waals surface area contributed by atoms with Crippen LogP contribution < -0.4 is 0 Å². The molecule has 6 heteroatoms. The summed E-state index contributed by atoms with van der Waals surface area (Å²) in [6.07, 6.45) is 0.602. The molecule has 1 amide bonds. The highest BCUT2D eigenvalue weighted by molar-refractivity contribution is 8.01. The fourth-order valence-corrected chi connectivity index (χ4v) is 5.31. The van der Waals surface area contributed by atoms with Crippen LogP contribution >= 0.6 is 11.8 Å².